The number of nitrogens with zero attached hydrogens (tertiary/aromatic N) is 5. The molecule has 2 fully saturated rings. The van der Waals surface area contributed by atoms with Crippen LogP contribution in [0.5, 0.6) is 0 Å². The van der Waals surface area contributed by atoms with Gasteiger partial charge in [-0.25, -0.2) is 14.4 Å². The fourth-order valence-corrected chi connectivity index (χ4v) is 5.87. The molecule has 1 atom stereocenters. The van der Waals surface area contributed by atoms with E-state index in [0.29, 0.717) is 55.3 Å². The number of halogens is 3. The molecule has 2 amide bonds. The van der Waals surface area contributed by atoms with Crippen molar-refractivity contribution in [2.45, 2.75) is 57.5 Å². The van der Waals surface area contributed by atoms with E-state index >= 15 is 0 Å². The Kier molecular flexibility index (Phi) is 7.58. The summed E-state index contributed by atoms with van der Waals surface area (Å²) in [6.45, 7) is 2.89. The highest BCUT2D eigenvalue weighted by Gasteiger charge is 2.30. The van der Waals surface area contributed by atoms with Gasteiger partial charge in [-0.2, -0.15) is 4.98 Å². The van der Waals surface area contributed by atoms with Gasteiger partial charge in [0.25, 0.3) is 0 Å². The SMILES string of the molecule is CC(=O)N1CCCC(Nc2ncc3nc(Nc4c(F)cc(Cl)cc4Cl)n([C@H]4CC[C@@H](C(N)=O)CC4)c3n2)C1. The fourth-order valence-electron chi connectivity index (χ4n) is 5.35. The van der Waals surface area contributed by atoms with Gasteiger partial charge in [0, 0.05) is 43.0 Å². The molecular formula is C25H29Cl2FN8O2. The van der Waals surface area contributed by atoms with Crippen LogP contribution >= 0.6 is 23.2 Å². The van der Waals surface area contributed by atoms with E-state index in [1.807, 2.05) is 9.47 Å². The number of amides is 2. The van der Waals surface area contributed by atoms with Crippen LogP contribution in [0.3, 0.4) is 0 Å². The minimum atomic E-state index is -0.612. The summed E-state index contributed by atoms with van der Waals surface area (Å²) in [6.07, 6.45) is 6.02. The predicted molar refractivity (Wildman–Crippen MR) is 144 cm³/mol. The Morgan fingerprint density at radius 1 is 1.13 bits per heavy atom. The predicted octanol–water partition coefficient (Wildman–Crippen LogP) is 4.66. The number of nitrogens with two attached hydrogens (primary N) is 1. The van der Waals surface area contributed by atoms with Gasteiger partial charge in [-0.05, 0) is 50.7 Å². The molecule has 1 unspecified atom stereocenters. The van der Waals surface area contributed by atoms with Crippen LogP contribution in [-0.2, 0) is 9.59 Å². The Morgan fingerprint density at radius 2 is 1.89 bits per heavy atom. The maximum absolute atomic E-state index is 14.8. The lowest BCUT2D eigenvalue weighted by Crippen LogP contribution is -2.44. The Morgan fingerprint density at radius 3 is 2.58 bits per heavy atom. The van der Waals surface area contributed by atoms with E-state index < -0.39 is 5.82 Å². The average molecular weight is 563 g/mol. The van der Waals surface area contributed by atoms with Gasteiger partial charge in [0.1, 0.15) is 11.3 Å². The van der Waals surface area contributed by atoms with Gasteiger partial charge in [0.15, 0.2) is 5.65 Å². The highest BCUT2D eigenvalue weighted by molar-refractivity contribution is 6.36. The molecule has 3 aromatic rings. The van der Waals surface area contributed by atoms with Crippen molar-refractivity contribution in [2.75, 3.05) is 23.7 Å². The van der Waals surface area contributed by atoms with E-state index in [2.05, 4.69) is 20.6 Å². The van der Waals surface area contributed by atoms with Gasteiger partial charge in [-0.3, -0.25) is 14.2 Å². The number of nitrogens with one attached hydrogen (secondary N) is 2. The van der Waals surface area contributed by atoms with Crippen molar-refractivity contribution < 1.29 is 14.0 Å². The molecule has 1 saturated carbocycles. The molecule has 38 heavy (non-hydrogen) atoms. The quantitative estimate of drug-likeness (QED) is 0.398. The van der Waals surface area contributed by atoms with Crippen molar-refractivity contribution >= 4 is 63.8 Å². The van der Waals surface area contributed by atoms with E-state index in [9.17, 15) is 14.0 Å². The third kappa shape index (κ3) is 5.49. The summed E-state index contributed by atoms with van der Waals surface area (Å²) >= 11 is 12.2. The zero-order valence-electron chi connectivity index (χ0n) is 20.9. The number of aromatic nitrogens is 4. The minimum absolute atomic E-state index is 0.0204. The Hall–Kier alpha value is -3.18. The molecule has 5 rings (SSSR count). The summed E-state index contributed by atoms with van der Waals surface area (Å²) in [5.41, 5.74) is 6.69. The molecule has 10 nitrogen and oxygen atoms in total. The van der Waals surface area contributed by atoms with E-state index in [4.69, 9.17) is 33.9 Å². The maximum Gasteiger partial charge on any atom is 0.225 e. The van der Waals surface area contributed by atoms with Crippen molar-refractivity contribution in [3.8, 4) is 0 Å². The second-order valence-corrected chi connectivity index (χ2v) is 10.8. The van der Waals surface area contributed by atoms with Gasteiger partial charge >= 0.3 is 0 Å². The fraction of sp³-hybridized carbons (Fsp3) is 0.480. The molecule has 1 saturated heterocycles. The number of likely N-dealkylation sites (tertiary alicyclic amines) is 1. The standard InChI is InChI=1S/C25H29Cl2FN8O2/c1-13(37)35-8-2-3-16(12-35)31-24-30-11-20-23(34-24)36(17-6-4-14(5-7-17)22(29)38)25(32-20)33-21-18(27)9-15(26)10-19(21)28/h9-11,14,16-17H,2-8,12H2,1H3,(H2,29,38)(H,32,33)(H,30,31,34)/t14-,16?,17+. The van der Waals surface area contributed by atoms with Crippen LogP contribution < -0.4 is 16.4 Å². The topological polar surface area (TPSA) is 131 Å². The van der Waals surface area contributed by atoms with E-state index in [1.165, 1.54) is 12.1 Å². The third-order valence-electron chi connectivity index (χ3n) is 7.34. The van der Waals surface area contributed by atoms with Crippen LogP contribution in [0, 0.1) is 11.7 Å². The molecule has 0 spiro atoms. The van der Waals surface area contributed by atoms with Gasteiger partial charge in [-0.1, -0.05) is 23.2 Å². The molecular weight excluding hydrogens is 534 g/mol. The number of fused-ring (bicyclic) bond motifs is 1. The average Bonchev–Trinajstić information content (AvgIpc) is 3.23. The first-order chi connectivity index (χ1) is 18.2. The molecule has 1 aromatic carbocycles. The number of primary amides is 1. The normalized spacial score (nSPS) is 21.9. The van der Waals surface area contributed by atoms with Crippen LogP contribution in [-0.4, -0.2) is 55.4 Å². The zero-order valence-corrected chi connectivity index (χ0v) is 22.4. The molecule has 0 bridgehead atoms. The lowest BCUT2D eigenvalue weighted by atomic mass is 9.85. The molecule has 1 aliphatic carbocycles. The highest BCUT2D eigenvalue weighted by atomic mass is 35.5. The number of anilines is 3. The van der Waals surface area contributed by atoms with Crippen molar-refractivity contribution in [1.29, 1.82) is 0 Å². The highest BCUT2D eigenvalue weighted by Crippen LogP contribution is 2.38. The maximum atomic E-state index is 14.8. The molecule has 1 aliphatic heterocycles. The first-order valence-corrected chi connectivity index (χ1v) is 13.4. The second kappa shape index (κ2) is 10.9. The molecule has 13 heteroatoms. The monoisotopic (exact) mass is 562 g/mol. The number of benzene rings is 1. The molecule has 2 aliphatic rings. The molecule has 2 aromatic heterocycles. The molecule has 4 N–H and O–H groups in total. The Bertz CT molecular complexity index is 1350. The number of rotatable bonds is 6. The van der Waals surface area contributed by atoms with Crippen LogP contribution in [0.1, 0.15) is 51.5 Å². The van der Waals surface area contributed by atoms with Crippen LogP contribution in [0.25, 0.3) is 11.2 Å². The number of carbonyl (C=O) groups excluding carboxylic acids is 2. The summed E-state index contributed by atoms with van der Waals surface area (Å²) < 4.78 is 16.7. The van der Waals surface area contributed by atoms with Gasteiger partial charge < -0.3 is 21.3 Å². The number of imidazole rings is 1. The van der Waals surface area contributed by atoms with Crippen LogP contribution in [0.15, 0.2) is 18.3 Å². The van der Waals surface area contributed by atoms with Crippen LogP contribution in [0.2, 0.25) is 10.0 Å². The first-order valence-electron chi connectivity index (χ1n) is 12.7. The summed E-state index contributed by atoms with van der Waals surface area (Å²) in [5.74, 6) is -0.267. The van der Waals surface area contributed by atoms with Crippen molar-refractivity contribution in [3.05, 3.63) is 34.2 Å². The van der Waals surface area contributed by atoms with Gasteiger partial charge in [-0.15, -0.1) is 0 Å². The van der Waals surface area contributed by atoms with Crippen molar-refractivity contribution in [2.24, 2.45) is 11.7 Å². The lowest BCUT2D eigenvalue weighted by molar-refractivity contribution is -0.129. The van der Waals surface area contributed by atoms with E-state index in [1.54, 1.807) is 13.1 Å². The zero-order chi connectivity index (χ0) is 27.0. The first kappa shape index (κ1) is 26.4. The molecule has 202 valence electrons. The number of hydrogen-bond donors (Lipinski definition) is 3. The lowest BCUT2D eigenvalue weighted by Gasteiger charge is -2.32. The Balaban J connectivity index is 1.50. The molecule has 0 radical (unpaired) electrons. The number of hydrogen-bond acceptors (Lipinski definition) is 7. The number of carbonyl (C=O) groups is 2. The third-order valence-corrected chi connectivity index (χ3v) is 7.86. The van der Waals surface area contributed by atoms with Crippen molar-refractivity contribution in [3.63, 3.8) is 0 Å². The van der Waals surface area contributed by atoms with E-state index in [-0.39, 0.29) is 45.5 Å². The molecule has 3 heterocycles. The number of piperidine rings is 1. The van der Waals surface area contributed by atoms with E-state index in [0.717, 1.165) is 19.4 Å². The largest absolute Gasteiger partial charge is 0.369 e. The van der Waals surface area contributed by atoms with Gasteiger partial charge in [0.05, 0.1) is 16.9 Å². The smallest absolute Gasteiger partial charge is 0.225 e. The second-order valence-electron chi connectivity index (χ2n) is 9.93. The van der Waals surface area contributed by atoms with Crippen LogP contribution in [0.4, 0.5) is 22.0 Å². The summed E-state index contributed by atoms with van der Waals surface area (Å²) in [4.78, 5) is 39.3. The van der Waals surface area contributed by atoms with Crippen molar-refractivity contribution in [1.82, 2.24) is 24.4 Å². The minimum Gasteiger partial charge on any atom is -0.369 e. The van der Waals surface area contributed by atoms with Gasteiger partial charge in [0.2, 0.25) is 23.7 Å². The summed E-state index contributed by atoms with van der Waals surface area (Å²) in [6, 6.07) is 2.59. The Labute approximate surface area is 229 Å². The summed E-state index contributed by atoms with van der Waals surface area (Å²) in [5, 5.41) is 6.70. The summed E-state index contributed by atoms with van der Waals surface area (Å²) in [7, 11) is 0.